The Kier molecular flexibility index (Phi) is 3.72. The Bertz CT molecular complexity index is 472. The predicted molar refractivity (Wildman–Crippen MR) is 65.0 cm³/mol. The molecule has 0 spiro atoms. The van der Waals surface area contributed by atoms with Crippen molar-refractivity contribution in [3.8, 4) is 0 Å². The van der Waals surface area contributed by atoms with Crippen molar-refractivity contribution in [3.63, 3.8) is 0 Å². The summed E-state index contributed by atoms with van der Waals surface area (Å²) in [6.45, 7) is 0. The molecule has 1 aliphatic carbocycles. The minimum absolute atomic E-state index is 0.0558. The molecule has 0 radical (unpaired) electrons. The number of ketones is 1. The molecule has 1 fully saturated rings. The van der Waals surface area contributed by atoms with E-state index in [2.05, 4.69) is 0 Å². The van der Waals surface area contributed by atoms with Crippen LogP contribution in [0.25, 0.3) is 0 Å². The molecule has 0 heterocycles. The van der Waals surface area contributed by atoms with E-state index in [1.165, 1.54) is 18.2 Å². The highest BCUT2D eigenvalue weighted by molar-refractivity contribution is 5.82. The lowest BCUT2D eigenvalue weighted by Crippen LogP contribution is -2.25. The van der Waals surface area contributed by atoms with E-state index in [1.54, 1.807) is 6.07 Å². The molecule has 2 rings (SSSR count). The minimum Gasteiger partial charge on any atom is -0.388 e. The van der Waals surface area contributed by atoms with Gasteiger partial charge in [-0.15, -0.1) is 0 Å². The van der Waals surface area contributed by atoms with Crippen molar-refractivity contribution in [2.45, 2.75) is 31.8 Å². The number of benzene rings is 1. The SMILES string of the molecule is O=C1CCCCC1C(O)c1cccc([N+](=O)[O-])c1. The van der Waals surface area contributed by atoms with Gasteiger partial charge in [-0.2, -0.15) is 0 Å². The number of nitro groups is 1. The molecule has 0 aromatic heterocycles. The standard InChI is InChI=1S/C13H15NO4/c15-12-7-2-1-6-11(12)13(16)9-4-3-5-10(8-9)14(17)18/h3-5,8,11,13,16H,1-2,6-7H2. The van der Waals surface area contributed by atoms with E-state index in [-0.39, 0.29) is 11.5 Å². The van der Waals surface area contributed by atoms with Crippen LogP contribution in [-0.4, -0.2) is 15.8 Å². The van der Waals surface area contributed by atoms with Crippen molar-refractivity contribution in [3.05, 3.63) is 39.9 Å². The fraction of sp³-hybridized carbons (Fsp3) is 0.462. The van der Waals surface area contributed by atoms with E-state index < -0.39 is 16.9 Å². The van der Waals surface area contributed by atoms with Gasteiger partial charge in [0.1, 0.15) is 5.78 Å². The molecule has 1 aromatic carbocycles. The number of carbonyl (C=O) groups is 1. The van der Waals surface area contributed by atoms with Gasteiger partial charge < -0.3 is 5.11 Å². The lowest BCUT2D eigenvalue weighted by molar-refractivity contribution is -0.385. The lowest BCUT2D eigenvalue weighted by Gasteiger charge is -2.25. The van der Waals surface area contributed by atoms with E-state index in [0.717, 1.165) is 12.8 Å². The number of non-ortho nitro benzene ring substituents is 1. The van der Waals surface area contributed by atoms with Gasteiger partial charge in [0.25, 0.3) is 5.69 Å². The molecule has 2 atom stereocenters. The van der Waals surface area contributed by atoms with Crippen LogP contribution in [0.15, 0.2) is 24.3 Å². The molecule has 0 amide bonds. The second-order valence-corrected chi connectivity index (χ2v) is 4.62. The van der Waals surface area contributed by atoms with Crippen molar-refractivity contribution < 1.29 is 14.8 Å². The van der Waals surface area contributed by atoms with Gasteiger partial charge in [-0.25, -0.2) is 0 Å². The van der Waals surface area contributed by atoms with Gasteiger partial charge in [0, 0.05) is 24.5 Å². The van der Waals surface area contributed by atoms with Crippen molar-refractivity contribution in [1.29, 1.82) is 0 Å². The third kappa shape index (κ3) is 2.56. The molecule has 1 aliphatic rings. The molecule has 1 aromatic rings. The molecule has 5 heteroatoms. The van der Waals surface area contributed by atoms with E-state index in [0.29, 0.717) is 18.4 Å². The first kappa shape index (κ1) is 12.7. The monoisotopic (exact) mass is 249 g/mol. The molecule has 1 saturated carbocycles. The summed E-state index contributed by atoms with van der Waals surface area (Å²) in [6, 6.07) is 5.87. The topological polar surface area (TPSA) is 80.4 Å². The molecule has 0 aliphatic heterocycles. The largest absolute Gasteiger partial charge is 0.388 e. The second-order valence-electron chi connectivity index (χ2n) is 4.62. The Morgan fingerprint density at radius 2 is 2.17 bits per heavy atom. The lowest BCUT2D eigenvalue weighted by atomic mass is 9.81. The van der Waals surface area contributed by atoms with Gasteiger partial charge >= 0.3 is 0 Å². The van der Waals surface area contributed by atoms with Gasteiger partial charge in [-0.1, -0.05) is 18.6 Å². The number of nitro benzene ring substituents is 1. The van der Waals surface area contributed by atoms with Crippen molar-refractivity contribution in [2.75, 3.05) is 0 Å². The van der Waals surface area contributed by atoms with Gasteiger partial charge in [0.05, 0.1) is 11.0 Å². The predicted octanol–water partition coefficient (Wildman–Crippen LogP) is 2.39. The highest BCUT2D eigenvalue weighted by atomic mass is 16.6. The number of carbonyl (C=O) groups excluding carboxylic acids is 1. The molecule has 0 saturated heterocycles. The van der Waals surface area contributed by atoms with E-state index >= 15 is 0 Å². The first-order chi connectivity index (χ1) is 8.59. The normalized spacial score (nSPS) is 21.6. The van der Waals surface area contributed by atoms with Crippen LogP contribution < -0.4 is 0 Å². The van der Waals surface area contributed by atoms with E-state index in [9.17, 15) is 20.0 Å². The molecular weight excluding hydrogens is 234 g/mol. The van der Waals surface area contributed by atoms with Gasteiger partial charge in [-0.3, -0.25) is 14.9 Å². The first-order valence-corrected chi connectivity index (χ1v) is 6.04. The number of Topliss-reactive ketones (excluding diaryl/α,β-unsaturated/α-hetero) is 1. The van der Waals surface area contributed by atoms with Gasteiger partial charge in [0.15, 0.2) is 0 Å². The molecule has 96 valence electrons. The average Bonchev–Trinajstić information content (AvgIpc) is 2.38. The Hall–Kier alpha value is -1.75. The number of hydrogen-bond donors (Lipinski definition) is 1. The third-order valence-electron chi connectivity index (χ3n) is 3.41. The van der Waals surface area contributed by atoms with Gasteiger partial charge in [0.2, 0.25) is 0 Å². The zero-order valence-electron chi connectivity index (χ0n) is 9.91. The summed E-state index contributed by atoms with van der Waals surface area (Å²) in [5.74, 6) is -0.360. The Balaban J connectivity index is 2.22. The number of nitrogens with zero attached hydrogens (tertiary/aromatic N) is 1. The summed E-state index contributed by atoms with van der Waals surface area (Å²) in [5.41, 5.74) is 0.388. The smallest absolute Gasteiger partial charge is 0.269 e. The van der Waals surface area contributed by atoms with Crippen LogP contribution in [0.2, 0.25) is 0 Å². The summed E-state index contributed by atoms with van der Waals surface area (Å²) >= 11 is 0. The van der Waals surface area contributed by atoms with Crippen molar-refractivity contribution in [1.82, 2.24) is 0 Å². The number of aliphatic hydroxyl groups excluding tert-OH is 1. The second kappa shape index (κ2) is 5.27. The first-order valence-electron chi connectivity index (χ1n) is 6.04. The molecular formula is C13H15NO4. The number of hydrogen-bond acceptors (Lipinski definition) is 4. The molecule has 0 bridgehead atoms. The Labute approximate surface area is 105 Å². The third-order valence-corrected chi connectivity index (χ3v) is 3.41. The van der Waals surface area contributed by atoms with Crippen LogP contribution in [-0.2, 0) is 4.79 Å². The zero-order chi connectivity index (χ0) is 13.1. The van der Waals surface area contributed by atoms with Crippen LogP contribution in [0.4, 0.5) is 5.69 Å². The number of rotatable bonds is 3. The van der Waals surface area contributed by atoms with Crippen LogP contribution in [0.3, 0.4) is 0 Å². The fourth-order valence-corrected chi connectivity index (χ4v) is 2.40. The fourth-order valence-electron chi connectivity index (χ4n) is 2.40. The Morgan fingerprint density at radius 1 is 1.39 bits per heavy atom. The summed E-state index contributed by atoms with van der Waals surface area (Å²) in [5, 5.41) is 20.9. The summed E-state index contributed by atoms with van der Waals surface area (Å²) < 4.78 is 0. The van der Waals surface area contributed by atoms with Crippen LogP contribution in [0.5, 0.6) is 0 Å². The Morgan fingerprint density at radius 3 is 2.83 bits per heavy atom. The maximum Gasteiger partial charge on any atom is 0.269 e. The van der Waals surface area contributed by atoms with Crippen molar-refractivity contribution >= 4 is 11.5 Å². The molecule has 18 heavy (non-hydrogen) atoms. The van der Waals surface area contributed by atoms with E-state index in [1.807, 2.05) is 0 Å². The molecule has 1 N–H and O–H groups in total. The van der Waals surface area contributed by atoms with Crippen LogP contribution in [0, 0.1) is 16.0 Å². The average molecular weight is 249 g/mol. The summed E-state index contributed by atoms with van der Waals surface area (Å²) in [4.78, 5) is 21.9. The van der Waals surface area contributed by atoms with Crippen LogP contribution in [0.1, 0.15) is 37.4 Å². The van der Waals surface area contributed by atoms with Gasteiger partial charge in [-0.05, 0) is 18.4 Å². The maximum absolute atomic E-state index is 11.7. The highest BCUT2D eigenvalue weighted by Crippen LogP contribution is 2.33. The summed E-state index contributed by atoms with van der Waals surface area (Å²) in [7, 11) is 0. The minimum atomic E-state index is -0.933. The van der Waals surface area contributed by atoms with Crippen molar-refractivity contribution in [2.24, 2.45) is 5.92 Å². The quantitative estimate of drug-likeness (QED) is 0.658. The van der Waals surface area contributed by atoms with E-state index in [4.69, 9.17) is 0 Å². The zero-order valence-corrected chi connectivity index (χ0v) is 9.91. The molecule has 5 nitrogen and oxygen atoms in total. The molecule has 2 unspecified atom stereocenters. The highest BCUT2D eigenvalue weighted by Gasteiger charge is 2.30. The van der Waals surface area contributed by atoms with Crippen LogP contribution >= 0.6 is 0 Å². The maximum atomic E-state index is 11.7. The number of aliphatic hydroxyl groups is 1. The summed E-state index contributed by atoms with van der Waals surface area (Å²) in [6.07, 6.45) is 2.01.